The molecule has 0 aromatic carbocycles. The van der Waals surface area contributed by atoms with Gasteiger partial charge in [-0.15, -0.1) is 0 Å². The number of aliphatic hydroxyl groups is 16. The van der Waals surface area contributed by atoms with Crippen molar-refractivity contribution in [3.05, 3.63) is 0 Å². The van der Waals surface area contributed by atoms with E-state index in [1.807, 2.05) is 0 Å². The van der Waals surface area contributed by atoms with Gasteiger partial charge in [-0.25, -0.2) is 0 Å². The van der Waals surface area contributed by atoms with Crippen molar-refractivity contribution in [1.29, 1.82) is 0 Å². The van der Waals surface area contributed by atoms with E-state index in [1.54, 1.807) is 0 Å². The van der Waals surface area contributed by atoms with Crippen molar-refractivity contribution < 1.29 is 124 Å². The Bertz CT molecular complexity index is 1200. The molecule has 5 saturated heterocycles. The second kappa shape index (κ2) is 19.6. The zero-order valence-electron chi connectivity index (χ0n) is 29.8. The molecular formula is C31H54O25. The molecule has 10 unspecified atom stereocenters. The molecule has 0 aromatic rings. The van der Waals surface area contributed by atoms with Gasteiger partial charge in [0, 0.05) is 5.92 Å². The van der Waals surface area contributed by atoms with E-state index in [0.29, 0.717) is 0 Å². The fraction of sp³-hybridized carbons (Fsp3) is 1.00. The summed E-state index contributed by atoms with van der Waals surface area (Å²) in [6, 6.07) is 0. The van der Waals surface area contributed by atoms with Crippen LogP contribution >= 0.6 is 0 Å². The Kier molecular flexibility index (Phi) is 16.1. The molecule has 0 saturated carbocycles. The van der Waals surface area contributed by atoms with Gasteiger partial charge in [-0.3, -0.25) is 0 Å². The molecule has 25 atom stereocenters. The van der Waals surface area contributed by atoms with Gasteiger partial charge in [-0.05, 0) is 0 Å². The number of aliphatic hydroxyl groups excluding tert-OH is 16. The predicted molar refractivity (Wildman–Crippen MR) is 170 cm³/mol. The van der Waals surface area contributed by atoms with Gasteiger partial charge in [-0.2, -0.15) is 0 Å². The van der Waals surface area contributed by atoms with E-state index in [-0.39, 0.29) is 0 Å². The van der Waals surface area contributed by atoms with Crippen LogP contribution in [0.3, 0.4) is 0 Å². The lowest BCUT2D eigenvalue weighted by Gasteiger charge is -2.50. The third kappa shape index (κ3) is 9.17. The zero-order chi connectivity index (χ0) is 41.3. The number of hydrogen-bond acceptors (Lipinski definition) is 25. The van der Waals surface area contributed by atoms with E-state index in [4.69, 9.17) is 42.6 Å². The molecule has 5 heterocycles. The Morgan fingerprint density at radius 3 is 1.20 bits per heavy atom. The van der Waals surface area contributed by atoms with Crippen molar-refractivity contribution in [2.24, 2.45) is 5.92 Å². The van der Waals surface area contributed by atoms with Gasteiger partial charge < -0.3 is 124 Å². The molecule has 5 fully saturated rings. The molecule has 0 radical (unpaired) electrons. The van der Waals surface area contributed by atoms with E-state index in [2.05, 4.69) is 0 Å². The van der Waals surface area contributed by atoms with Crippen LogP contribution in [0.1, 0.15) is 6.92 Å². The third-order valence-corrected chi connectivity index (χ3v) is 10.6. The normalized spacial score (nSPS) is 53.2. The summed E-state index contributed by atoms with van der Waals surface area (Å²) in [6.07, 6.45) is -41.9. The van der Waals surface area contributed by atoms with Crippen molar-refractivity contribution in [1.82, 2.24) is 0 Å². The molecule has 25 nitrogen and oxygen atoms in total. The molecule has 0 aromatic heterocycles. The predicted octanol–water partition coefficient (Wildman–Crippen LogP) is -10.6. The first-order chi connectivity index (χ1) is 26.5. The summed E-state index contributed by atoms with van der Waals surface area (Å²) in [7, 11) is 0. The zero-order valence-corrected chi connectivity index (χ0v) is 29.8. The van der Waals surface area contributed by atoms with Crippen LogP contribution in [-0.2, 0) is 42.6 Å². The minimum atomic E-state index is -2.05. The summed E-state index contributed by atoms with van der Waals surface area (Å²) >= 11 is 0. The average Bonchev–Trinajstić information content (AvgIpc) is 3.19. The highest BCUT2D eigenvalue weighted by molar-refractivity contribution is 4.98. The fourth-order valence-electron chi connectivity index (χ4n) is 7.26. The van der Waals surface area contributed by atoms with Gasteiger partial charge >= 0.3 is 0 Å². The smallest absolute Gasteiger partial charge is 0.187 e. The fourth-order valence-corrected chi connectivity index (χ4v) is 7.26. The van der Waals surface area contributed by atoms with E-state index >= 15 is 0 Å². The maximum atomic E-state index is 11.4. The molecule has 5 aliphatic rings. The minimum Gasteiger partial charge on any atom is -0.394 e. The first-order valence-corrected chi connectivity index (χ1v) is 17.9. The van der Waals surface area contributed by atoms with Crippen molar-refractivity contribution in [2.75, 3.05) is 33.0 Å². The molecule has 0 bridgehead atoms. The van der Waals surface area contributed by atoms with Crippen LogP contribution in [-0.4, -0.2) is 262 Å². The Morgan fingerprint density at radius 1 is 0.321 bits per heavy atom. The van der Waals surface area contributed by atoms with Gasteiger partial charge in [0.25, 0.3) is 0 Å². The number of ether oxygens (including phenoxy) is 9. The van der Waals surface area contributed by atoms with Crippen LogP contribution in [0.2, 0.25) is 0 Å². The van der Waals surface area contributed by atoms with Crippen molar-refractivity contribution in [3.63, 3.8) is 0 Å². The first kappa shape index (κ1) is 46.1. The second-order valence-corrected chi connectivity index (χ2v) is 14.3. The maximum absolute atomic E-state index is 11.4. The van der Waals surface area contributed by atoms with Gasteiger partial charge in [0.05, 0.1) is 39.1 Å². The molecule has 56 heavy (non-hydrogen) atoms. The highest BCUT2D eigenvalue weighted by Crippen LogP contribution is 2.37. The second-order valence-electron chi connectivity index (χ2n) is 14.3. The van der Waals surface area contributed by atoms with Gasteiger partial charge in [0.2, 0.25) is 0 Å². The molecule has 0 spiro atoms. The summed E-state index contributed by atoms with van der Waals surface area (Å²) in [5.41, 5.74) is 0. The number of hydrogen-bond donors (Lipinski definition) is 16. The van der Waals surface area contributed by atoms with E-state index in [1.165, 1.54) is 6.92 Å². The minimum absolute atomic E-state index is 0.783. The average molecular weight is 827 g/mol. The molecular weight excluding hydrogens is 772 g/mol. The molecule has 16 N–H and O–H groups in total. The highest BCUT2D eigenvalue weighted by atomic mass is 16.8. The summed E-state index contributed by atoms with van der Waals surface area (Å²) in [6.45, 7) is -2.89. The van der Waals surface area contributed by atoms with Crippen molar-refractivity contribution in [2.45, 2.75) is 154 Å². The Balaban J connectivity index is 1.30. The first-order valence-electron chi connectivity index (χ1n) is 17.9. The Hall–Kier alpha value is -1.00. The highest BCUT2D eigenvalue weighted by Gasteiger charge is 2.56. The molecule has 0 aliphatic carbocycles. The van der Waals surface area contributed by atoms with E-state index < -0.39 is 186 Å². The summed E-state index contributed by atoms with van der Waals surface area (Å²) in [5.74, 6) is -1.11. The molecule has 5 aliphatic heterocycles. The van der Waals surface area contributed by atoms with Crippen LogP contribution in [0.5, 0.6) is 0 Å². The molecule has 5 rings (SSSR count). The SMILES string of the molecule is C[C@H]1C(O[C@@H]2OC(CO)[C@H](O)C(O)[C@@H]2O)[C@@H](O)C(CO)O[C@H]1O[C@@H]1C(O)[C@@H](O[C@H]2C(CO)O[C@@H](O[C@@H]3C(CO)O[C@@H](O)C(O)[C@H]3O)[C@@H](O)C2O)OC(CO)[C@@H]1O. The van der Waals surface area contributed by atoms with E-state index in [9.17, 15) is 81.7 Å². The van der Waals surface area contributed by atoms with Gasteiger partial charge in [0.1, 0.15) is 110 Å². The summed E-state index contributed by atoms with van der Waals surface area (Å²) < 4.78 is 50.2. The lowest BCUT2D eigenvalue weighted by molar-refractivity contribution is -0.390. The molecule has 328 valence electrons. The molecule has 0 amide bonds. The summed E-state index contributed by atoms with van der Waals surface area (Å²) in [5, 5.41) is 166. The Labute approximate surface area is 317 Å². The monoisotopic (exact) mass is 826 g/mol. The van der Waals surface area contributed by atoms with Crippen LogP contribution in [0.25, 0.3) is 0 Å². The van der Waals surface area contributed by atoms with E-state index in [0.717, 1.165) is 0 Å². The van der Waals surface area contributed by atoms with Gasteiger partial charge in [0.15, 0.2) is 31.5 Å². The third-order valence-electron chi connectivity index (χ3n) is 10.6. The van der Waals surface area contributed by atoms with Crippen LogP contribution in [0.15, 0.2) is 0 Å². The lowest BCUT2D eigenvalue weighted by Crippen LogP contribution is -2.67. The topological polar surface area (TPSA) is 407 Å². The maximum Gasteiger partial charge on any atom is 0.187 e. The van der Waals surface area contributed by atoms with Crippen molar-refractivity contribution >= 4 is 0 Å². The Morgan fingerprint density at radius 2 is 0.679 bits per heavy atom. The van der Waals surface area contributed by atoms with Gasteiger partial charge in [-0.1, -0.05) is 6.92 Å². The van der Waals surface area contributed by atoms with Crippen LogP contribution < -0.4 is 0 Å². The largest absolute Gasteiger partial charge is 0.394 e. The molecule has 25 heteroatoms. The number of rotatable bonds is 13. The lowest BCUT2D eigenvalue weighted by atomic mass is 9.91. The van der Waals surface area contributed by atoms with Crippen molar-refractivity contribution in [3.8, 4) is 0 Å². The quantitative estimate of drug-likeness (QED) is 0.0819. The summed E-state index contributed by atoms with van der Waals surface area (Å²) in [4.78, 5) is 0. The standard InChI is InChI=1S/C31H54O25/c1-7-23(53-29-20(44)16(40)13(37)8(2-32)50-29)14(38)9(3-33)49-28(7)56-26-15(39)10(4-34)51-31(22(26)46)55-25-12(6-36)52-30(21(45)18(25)42)54-24-11(5-35)48-27(47)19(43)17(24)41/h7-47H,2-6H2,1H3/t7-,8?,9?,10?,11?,12?,13-,14-,15-,16?,17+,18?,19?,20-,21-,22?,23?,24+,25-,26-,27+,28-,29-,30-,31+/m0/s1. The van der Waals surface area contributed by atoms with Crippen LogP contribution in [0, 0.1) is 5.92 Å². The van der Waals surface area contributed by atoms with Crippen LogP contribution in [0.4, 0.5) is 0 Å².